The van der Waals surface area contributed by atoms with Crippen molar-refractivity contribution in [3.05, 3.63) is 94.0 Å². The standard InChI is InChI=1S/C23H18Cl2N4OS/c24-18-8-5-6-16(12-18)13-26-28-22(30)15-31-23-27-20-10-3-4-11-21(20)29(23)14-17-7-1-2-9-19(17)25/h1-13H,14-15H2,(H,28,30). The van der Waals surface area contributed by atoms with Gasteiger partial charge in [0.2, 0.25) is 0 Å². The number of nitrogens with zero attached hydrogens (tertiary/aromatic N) is 3. The van der Waals surface area contributed by atoms with Crippen LogP contribution >= 0.6 is 35.0 Å². The number of nitrogens with one attached hydrogen (secondary N) is 1. The SMILES string of the molecule is O=C(CSc1nc2ccccc2n1Cc1ccccc1Cl)NN=Cc1cccc(Cl)c1. The van der Waals surface area contributed by atoms with Gasteiger partial charge >= 0.3 is 0 Å². The van der Waals surface area contributed by atoms with E-state index in [1.54, 1.807) is 18.3 Å². The molecule has 156 valence electrons. The molecule has 0 aliphatic heterocycles. The molecule has 0 radical (unpaired) electrons. The van der Waals surface area contributed by atoms with E-state index in [2.05, 4.69) is 15.1 Å². The van der Waals surface area contributed by atoms with Gasteiger partial charge in [-0.25, -0.2) is 10.4 Å². The van der Waals surface area contributed by atoms with Crippen molar-refractivity contribution in [1.29, 1.82) is 0 Å². The minimum atomic E-state index is -0.223. The van der Waals surface area contributed by atoms with Crippen LogP contribution in [-0.2, 0) is 11.3 Å². The van der Waals surface area contributed by atoms with Gasteiger partial charge in [0.05, 0.1) is 29.5 Å². The van der Waals surface area contributed by atoms with E-state index in [4.69, 9.17) is 28.2 Å². The molecule has 5 nitrogen and oxygen atoms in total. The summed E-state index contributed by atoms with van der Waals surface area (Å²) in [6.45, 7) is 0.567. The molecule has 1 N–H and O–H groups in total. The molecule has 31 heavy (non-hydrogen) atoms. The van der Waals surface area contributed by atoms with Crippen molar-refractivity contribution < 1.29 is 4.79 Å². The lowest BCUT2D eigenvalue weighted by Crippen LogP contribution is -2.20. The number of amides is 1. The molecule has 1 amide bonds. The Balaban J connectivity index is 1.46. The number of hydrazone groups is 1. The molecule has 4 rings (SSSR count). The Hall–Kier alpha value is -2.80. The molecule has 0 bridgehead atoms. The number of aromatic nitrogens is 2. The second kappa shape index (κ2) is 10.0. The van der Waals surface area contributed by atoms with Crippen molar-refractivity contribution in [3.63, 3.8) is 0 Å². The molecule has 4 aromatic rings. The van der Waals surface area contributed by atoms with Gasteiger partial charge in [-0.15, -0.1) is 0 Å². The monoisotopic (exact) mass is 468 g/mol. The molecule has 0 aliphatic carbocycles. The summed E-state index contributed by atoms with van der Waals surface area (Å²) in [6, 6.07) is 22.8. The van der Waals surface area contributed by atoms with Gasteiger partial charge < -0.3 is 4.57 Å². The molecule has 0 unspecified atom stereocenters. The molecule has 3 aromatic carbocycles. The predicted molar refractivity (Wildman–Crippen MR) is 128 cm³/mol. The number of benzene rings is 3. The number of thioether (sulfide) groups is 1. The van der Waals surface area contributed by atoms with Gasteiger partial charge in [0.1, 0.15) is 0 Å². The third kappa shape index (κ3) is 5.47. The Kier molecular flexibility index (Phi) is 6.92. The molecule has 0 atom stereocenters. The van der Waals surface area contributed by atoms with E-state index in [9.17, 15) is 4.79 Å². The summed E-state index contributed by atoms with van der Waals surface area (Å²) < 4.78 is 2.07. The van der Waals surface area contributed by atoms with Gasteiger partial charge in [-0.05, 0) is 41.5 Å². The van der Waals surface area contributed by atoms with Crippen LogP contribution in [0.1, 0.15) is 11.1 Å². The van der Waals surface area contributed by atoms with E-state index in [0.29, 0.717) is 16.6 Å². The maximum absolute atomic E-state index is 12.3. The van der Waals surface area contributed by atoms with Crippen molar-refractivity contribution >= 4 is 58.1 Å². The third-order valence-electron chi connectivity index (χ3n) is 4.49. The highest BCUT2D eigenvalue weighted by Crippen LogP contribution is 2.27. The molecular formula is C23H18Cl2N4OS. The molecular weight excluding hydrogens is 451 g/mol. The summed E-state index contributed by atoms with van der Waals surface area (Å²) in [5, 5.41) is 6.06. The Morgan fingerprint density at radius 2 is 1.87 bits per heavy atom. The average molecular weight is 469 g/mol. The molecule has 0 aliphatic rings. The van der Waals surface area contributed by atoms with Crippen LogP contribution in [-0.4, -0.2) is 27.4 Å². The van der Waals surface area contributed by atoms with Crippen molar-refractivity contribution in [3.8, 4) is 0 Å². The number of hydrogen-bond donors (Lipinski definition) is 1. The highest BCUT2D eigenvalue weighted by atomic mass is 35.5. The first kappa shape index (κ1) is 21.4. The zero-order valence-corrected chi connectivity index (χ0v) is 18.7. The van der Waals surface area contributed by atoms with Gasteiger partial charge in [0, 0.05) is 10.0 Å². The summed E-state index contributed by atoms with van der Waals surface area (Å²) >= 11 is 13.7. The molecule has 0 spiro atoms. The van der Waals surface area contributed by atoms with Crippen LogP contribution in [0.3, 0.4) is 0 Å². The summed E-state index contributed by atoms with van der Waals surface area (Å²) in [5.41, 5.74) is 6.20. The number of para-hydroxylation sites is 2. The van der Waals surface area contributed by atoms with Crippen molar-refractivity contribution in [2.45, 2.75) is 11.7 Å². The number of imidazole rings is 1. The van der Waals surface area contributed by atoms with E-state index in [1.807, 2.05) is 60.7 Å². The van der Waals surface area contributed by atoms with Crippen LogP contribution in [0, 0.1) is 0 Å². The second-order valence-corrected chi connectivity index (χ2v) is 8.48. The summed E-state index contributed by atoms with van der Waals surface area (Å²) in [6.07, 6.45) is 1.56. The van der Waals surface area contributed by atoms with Gasteiger partial charge in [-0.1, -0.05) is 77.4 Å². The van der Waals surface area contributed by atoms with E-state index in [1.165, 1.54) is 11.8 Å². The van der Waals surface area contributed by atoms with Gasteiger partial charge in [-0.2, -0.15) is 5.10 Å². The number of carbonyl (C=O) groups excluding carboxylic acids is 1. The predicted octanol–water partition coefficient (Wildman–Crippen LogP) is 5.63. The minimum Gasteiger partial charge on any atom is -0.314 e. The van der Waals surface area contributed by atoms with Crippen molar-refractivity contribution in [2.75, 3.05) is 5.75 Å². The van der Waals surface area contributed by atoms with Crippen LogP contribution in [0.2, 0.25) is 10.0 Å². The molecule has 0 saturated heterocycles. The van der Waals surface area contributed by atoms with Crippen LogP contribution in [0.4, 0.5) is 0 Å². The molecule has 1 aromatic heterocycles. The lowest BCUT2D eigenvalue weighted by atomic mass is 10.2. The summed E-state index contributed by atoms with van der Waals surface area (Å²) in [4.78, 5) is 17.0. The molecule has 8 heteroatoms. The lowest BCUT2D eigenvalue weighted by Gasteiger charge is -2.10. The first-order chi connectivity index (χ1) is 15.1. The fraction of sp³-hybridized carbons (Fsp3) is 0.0870. The number of hydrogen-bond acceptors (Lipinski definition) is 4. The van der Waals surface area contributed by atoms with Crippen molar-refractivity contribution in [1.82, 2.24) is 15.0 Å². The quantitative estimate of drug-likeness (QED) is 0.217. The third-order valence-corrected chi connectivity index (χ3v) is 6.07. The van der Waals surface area contributed by atoms with Crippen LogP contribution in [0.15, 0.2) is 83.1 Å². The minimum absolute atomic E-state index is 0.179. The average Bonchev–Trinajstić information content (AvgIpc) is 3.11. The highest BCUT2D eigenvalue weighted by molar-refractivity contribution is 7.99. The van der Waals surface area contributed by atoms with E-state index in [0.717, 1.165) is 27.3 Å². The van der Waals surface area contributed by atoms with E-state index >= 15 is 0 Å². The maximum atomic E-state index is 12.3. The highest BCUT2D eigenvalue weighted by Gasteiger charge is 2.14. The summed E-state index contributed by atoms with van der Waals surface area (Å²) in [7, 11) is 0. The number of carbonyl (C=O) groups is 1. The second-order valence-electron chi connectivity index (χ2n) is 6.70. The Bertz CT molecular complexity index is 1260. The maximum Gasteiger partial charge on any atom is 0.250 e. The molecule has 0 fully saturated rings. The Morgan fingerprint density at radius 1 is 1.06 bits per heavy atom. The van der Waals surface area contributed by atoms with Crippen LogP contribution < -0.4 is 5.43 Å². The van der Waals surface area contributed by atoms with Gasteiger partial charge in [0.25, 0.3) is 5.91 Å². The fourth-order valence-corrected chi connectivity index (χ4v) is 4.24. The summed E-state index contributed by atoms with van der Waals surface area (Å²) in [5.74, 6) is -0.0433. The number of fused-ring (bicyclic) bond motifs is 1. The number of halogens is 2. The van der Waals surface area contributed by atoms with Gasteiger partial charge in [0.15, 0.2) is 5.16 Å². The molecule has 0 saturated carbocycles. The lowest BCUT2D eigenvalue weighted by molar-refractivity contribution is -0.118. The zero-order valence-electron chi connectivity index (χ0n) is 16.3. The van der Waals surface area contributed by atoms with E-state index < -0.39 is 0 Å². The first-order valence-electron chi connectivity index (χ1n) is 9.49. The van der Waals surface area contributed by atoms with Crippen LogP contribution in [0.25, 0.3) is 11.0 Å². The van der Waals surface area contributed by atoms with Crippen molar-refractivity contribution in [2.24, 2.45) is 5.10 Å². The largest absolute Gasteiger partial charge is 0.314 e. The fourth-order valence-electron chi connectivity index (χ4n) is 3.04. The van der Waals surface area contributed by atoms with Crippen LogP contribution in [0.5, 0.6) is 0 Å². The van der Waals surface area contributed by atoms with Gasteiger partial charge in [-0.3, -0.25) is 4.79 Å². The smallest absolute Gasteiger partial charge is 0.250 e. The Morgan fingerprint density at radius 3 is 2.71 bits per heavy atom. The van der Waals surface area contributed by atoms with E-state index in [-0.39, 0.29) is 11.7 Å². The topological polar surface area (TPSA) is 59.3 Å². The normalized spacial score (nSPS) is 11.3. The molecule has 1 heterocycles. The zero-order chi connectivity index (χ0) is 21.6. The number of rotatable bonds is 7. The Labute approximate surface area is 194 Å². The first-order valence-corrected chi connectivity index (χ1v) is 11.2.